The zero-order valence-corrected chi connectivity index (χ0v) is 15.8. The van der Waals surface area contributed by atoms with Gasteiger partial charge in [-0.2, -0.15) is 0 Å². The highest BCUT2D eigenvalue weighted by Crippen LogP contribution is 2.23. The number of hydrogen-bond acceptors (Lipinski definition) is 7. The van der Waals surface area contributed by atoms with E-state index >= 15 is 0 Å². The first-order valence-corrected chi connectivity index (χ1v) is 8.69. The molecular weight excluding hydrogens is 382 g/mol. The Morgan fingerprint density at radius 3 is 2.00 bits per heavy atom. The van der Waals surface area contributed by atoms with Gasteiger partial charge < -0.3 is 10.1 Å². The number of benzene rings is 2. The van der Waals surface area contributed by atoms with E-state index < -0.39 is 33.1 Å². The lowest BCUT2D eigenvalue weighted by atomic mass is 10.1. The lowest BCUT2D eigenvalue weighted by molar-refractivity contribution is -0.394. The van der Waals surface area contributed by atoms with Crippen LogP contribution in [-0.4, -0.2) is 28.3 Å². The second kappa shape index (κ2) is 9.40. The van der Waals surface area contributed by atoms with E-state index in [0.29, 0.717) is 23.8 Å². The van der Waals surface area contributed by atoms with Gasteiger partial charge in [-0.1, -0.05) is 13.8 Å². The highest BCUT2D eigenvalue weighted by Gasteiger charge is 2.20. The van der Waals surface area contributed by atoms with Crippen LogP contribution in [0.5, 0.6) is 0 Å². The summed E-state index contributed by atoms with van der Waals surface area (Å²) in [6.45, 7) is 4.34. The summed E-state index contributed by atoms with van der Waals surface area (Å²) < 4.78 is 5.15. The Hall–Kier alpha value is -3.82. The molecule has 0 aliphatic heterocycles. The number of rotatable bonds is 8. The molecule has 0 heterocycles. The number of ether oxygens (including phenoxy) is 1. The van der Waals surface area contributed by atoms with Crippen molar-refractivity contribution in [3.63, 3.8) is 0 Å². The summed E-state index contributed by atoms with van der Waals surface area (Å²) in [7, 11) is 0. The molecule has 10 heteroatoms. The van der Waals surface area contributed by atoms with Gasteiger partial charge in [0.1, 0.15) is 0 Å². The van der Waals surface area contributed by atoms with Crippen LogP contribution in [0.1, 0.15) is 41.0 Å². The monoisotopic (exact) mass is 401 g/mol. The van der Waals surface area contributed by atoms with Crippen LogP contribution < -0.4 is 5.32 Å². The standard InChI is InChI=1S/C19H19N3O7/c1-12(2)7-8-29-19(24)13-3-5-15(6-4-13)20-18(23)14-9-16(21(25)26)11-17(10-14)22(27)28/h3-6,9-12H,7-8H2,1-2H3,(H,20,23). The largest absolute Gasteiger partial charge is 0.462 e. The summed E-state index contributed by atoms with van der Waals surface area (Å²) in [6, 6.07) is 8.51. The quantitative estimate of drug-likeness (QED) is 0.401. The van der Waals surface area contributed by atoms with Gasteiger partial charge in [-0.15, -0.1) is 0 Å². The van der Waals surface area contributed by atoms with Crippen molar-refractivity contribution in [1.29, 1.82) is 0 Å². The van der Waals surface area contributed by atoms with Crippen molar-refractivity contribution in [2.75, 3.05) is 11.9 Å². The maximum absolute atomic E-state index is 12.3. The molecule has 0 radical (unpaired) electrons. The zero-order valence-electron chi connectivity index (χ0n) is 15.8. The smallest absolute Gasteiger partial charge is 0.338 e. The molecule has 0 spiro atoms. The van der Waals surface area contributed by atoms with Gasteiger partial charge >= 0.3 is 5.97 Å². The van der Waals surface area contributed by atoms with E-state index in [2.05, 4.69) is 5.32 Å². The first-order chi connectivity index (χ1) is 13.7. The molecule has 10 nitrogen and oxygen atoms in total. The van der Waals surface area contributed by atoms with Gasteiger partial charge in [0.15, 0.2) is 0 Å². The molecule has 1 N–H and O–H groups in total. The molecule has 0 saturated carbocycles. The molecular formula is C19H19N3O7. The van der Waals surface area contributed by atoms with Crippen LogP contribution >= 0.6 is 0 Å². The summed E-state index contributed by atoms with van der Waals surface area (Å²) in [5.74, 6) is -0.841. The Bertz CT molecular complexity index is 907. The Morgan fingerprint density at radius 2 is 1.52 bits per heavy atom. The Balaban J connectivity index is 2.10. The Kier molecular flexibility index (Phi) is 6.96. The molecule has 0 aliphatic carbocycles. The number of anilines is 1. The minimum absolute atomic E-state index is 0.233. The predicted octanol–water partition coefficient (Wildman–Crippen LogP) is 3.96. The van der Waals surface area contributed by atoms with Crippen molar-refractivity contribution in [3.8, 4) is 0 Å². The van der Waals surface area contributed by atoms with Crippen LogP contribution in [0.15, 0.2) is 42.5 Å². The number of nitrogens with zero attached hydrogens (tertiary/aromatic N) is 2. The van der Waals surface area contributed by atoms with E-state index in [9.17, 15) is 29.8 Å². The van der Waals surface area contributed by atoms with E-state index in [1.54, 1.807) is 0 Å². The number of amides is 1. The lowest BCUT2D eigenvalue weighted by Crippen LogP contribution is -2.13. The van der Waals surface area contributed by atoms with Gasteiger partial charge in [0.25, 0.3) is 17.3 Å². The van der Waals surface area contributed by atoms with E-state index in [4.69, 9.17) is 4.74 Å². The normalized spacial score (nSPS) is 10.4. The highest BCUT2D eigenvalue weighted by molar-refractivity contribution is 6.05. The Labute approximate surface area is 165 Å². The molecule has 1 amide bonds. The van der Waals surface area contributed by atoms with Gasteiger partial charge in [-0.05, 0) is 36.6 Å². The fourth-order valence-corrected chi connectivity index (χ4v) is 2.30. The average molecular weight is 401 g/mol. The molecule has 0 aliphatic rings. The number of nitrogens with one attached hydrogen (secondary N) is 1. The SMILES string of the molecule is CC(C)CCOC(=O)c1ccc(NC(=O)c2cc([N+](=O)[O-])cc([N+](=O)[O-])c2)cc1. The van der Waals surface area contributed by atoms with Crippen LogP contribution in [0.3, 0.4) is 0 Å². The third kappa shape index (κ3) is 6.09. The summed E-state index contributed by atoms with van der Waals surface area (Å²) in [4.78, 5) is 44.5. The van der Waals surface area contributed by atoms with Crippen LogP contribution in [0.4, 0.5) is 17.1 Å². The average Bonchev–Trinajstić information content (AvgIpc) is 2.67. The zero-order chi connectivity index (χ0) is 21.6. The summed E-state index contributed by atoms with van der Waals surface area (Å²) in [5, 5.41) is 24.3. The third-order valence-corrected chi connectivity index (χ3v) is 3.89. The summed E-state index contributed by atoms with van der Waals surface area (Å²) in [6.07, 6.45) is 0.745. The van der Waals surface area contributed by atoms with Crippen molar-refractivity contribution in [2.45, 2.75) is 20.3 Å². The molecule has 0 fully saturated rings. The fourth-order valence-electron chi connectivity index (χ4n) is 2.30. The van der Waals surface area contributed by atoms with E-state index in [1.165, 1.54) is 24.3 Å². The lowest BCUT2D eigenvalue weighted by Gasteiger charge is -2.08. The first-order valence-electron chi connectivity index (χ1n) is 8.69. The predicted molar refractivity (Wildman–Crippen MR) is 104 cm³/mol. The minimum atomic E-state index is -0.816. The van der Waals surface area contributed by atoms with Crippen molar-refractivity contribution >= 4 is 28.9 Å². The van der Waals surface area contributed by atoms with Crippen molar-refractivity contribution in [3.05, 3.63) is 73.8 Å². The number of nitro groups is 2. The Morgan fingerprint density at radius 1 is 0.966 bits per heavy atom. The van der Waals surface area contributed by atoms with Gasteiger partial charge in [-0.25, -0.2) is 4.79 Å². The van der Waals surface area contributed by atoms with E-state index in [0.717, 1.165) is 24.6 Å². The molecule has 2 aromatic rings. The number of carbonyl (C=O) groups is 2. The number of hydrogen-bond donors (Lipinski definition) is 1. The molecule has 0 bridgehead atoms. The topological polar surface area (TPSA) is 142 Å². The number of non-ortho nitro benzene ring substituents is 2. The second-order valence-electron chi connectivity index (χ2n) is 6.60. The van der Waals surface area contributed by atoms with Crippen LogP contribution in [-0.2, 0) is 4.74 Å². The van der Waals surface area contributed by atoms with Gasteiger partial charge in [0.2, 0.25) is 0 Å². The summed E-state index contributed by atoms with van der Waals surface area (Å²) in [5.41, 5.74) is -0.753. The van der Waals surface area contributed by atoms with Gasteiger partial charge in [-0.3, -0.25) is 25.0 Å². The summed E-state index contributed by atoms with van der Waals surface area (Å²) >= 11 is 0. The molecule has 0 atom stereocenters. The molecule has 0 saturated heterocycles. The van der Waals surface area contributed by atoms with Crippen LogP contribution in [0.2, 0.25) is 0 Å². The third-order valence-electron chi connectivity index (χ3n) is 3.89. The fraction of sp³-hybridized carbons (Fsp3) is 0.263. The maximum atomic E-state index is 12.3. The molecule has 152 valence electrons. The van der Waals surface area contributed by atoms with Gasteiger partial charge in [0.05, 0.1) is 33.6 Å². The van der Waals surface area contributed by atoms with E-state index in [1.807, 2.05) is 13.8 Å². The van der Waals surface area contributed by atoms with E-state index in [-0.39, 0.29) is 5.56 Å². The number of nitro benzene ring substituents is 2. The minimum Gasteiger partial charge on any atom is -0.462 e. The molecule has 0 aromatic heterocycles. The highest BCUT2D eigenvalue weighted by atomic mass is 16.6. The van der Waals surface area contributed by atoms with Crippen molar-refractivity contribution in [1.82, 2.24) is 0 Å². The van der Waals surface area contributed by atoms with Crippen molar-refractivity contribution < 1.29 is 24.2 Å². The maximum Gasteiger partial charge on any atom is 0.338 e. The van der Waals surface area contributed by atoms with Crippen LogP contribution in [0.25, 0.3) is 0 Å². The number of esters is 1. The molecule has 29 heavy (non-hydrogen) atoms. The van der Waals surface area contributed by atoms with Crippen molar-refractivity contribution in [2.24, 2.45) is 5.92 Å². The second-order valence-corrected chi connectivity index (χ2v) is 6.60. The molecule has 2 aromatic carbocycles. The molecule has 2 rings (SSSR count). The van der Waals surface area contributed by atoms with Crippen LogP contribution in [0, 0.1) is 26.1 Å². The van der Waals surface area contributed by atoms with Gasteiger partial charge in [0, 0.05) is 17.8 Å². The first kappa shape index (κ1) is 21.5. The number of carbonyl (C=O) groups excluding carboxylic acids is 2. The molecule has 0 unspecified atom stereocenters.